The van der Waals surface area contributed by atoms with E-state index in [0.717, 1.165) is 25.8 Å². The highest BCUT2D eigenvalue weighted by molar-refractivity contribution is 5.76. The van der Waals surface area contributed by atoms with Crippen LogP contribution in [0.15, 0.2) is 47.4 Å². The van der Waals surface area contributed by atoms with Gasteiger partial charge in [-0.2, -0.15) is 10.1 Å². The normalized spacial score (nSPS) is 16.7. The summed E-state index contributed by atoms with van der Waals surface area (Å²) in [4.78, 5) is 23.2. The molecular weight excluding hydrogens is 344 g/mol. The number of hydrogen-bond acceptors (Lipinski definition) is 6. The Morgan fingerprint density at radius 1 is 1.26 bits per heavy atom. The maximum atomic E-state index is 12.6. The van der Waals surface area contributed by atoms with Crippen LogP contribution in [0.4, 0.5) is 0 Å². The smallest absolute Gasteiger partial charge is 0.276 e. The van der Waals surface area contributed by atoms with Crippen molar-refractivity contribution in [3.05, 3.63) is 48.7 Å². The van der Waals surface area contributed by atoms with E-state index in [1.165, 1.54) is 0 Å². The number of carbonyl (C=O) groups excluding carboxylic acids is 1. The predicted octanol–water partition coefficient (Wildman–Crippen LogP) is 2.34. The largest absolute Gasteiger partial charge is 0.340 e. The van der Waals surface area contributed by atoms with E-state index < -0.39 is 0 Å². The van der Waals surface area contributed by atoms with Gasteiger partial charge in [-0.1, -0.05) is 11.2 Å². The van der Waals surface area contributed by atoms with Gasteiger partial charge in [-0.25, -0.2) is 0 Å². The van der Waals surface area contributed by atoms with Crippen molar-refractivity contribution in [1.29, 1.82) is 0 Å². The van der Waals surface area contributed by atoms with Crippen LogP contribution in [-0.4, -0.2) is 48.3 Å². The molecule has 4 rings (SSSR count). The van der Waals surface area contributed by atoms with Crippen molar-refractivity contribution in [3.63, 3.8) is 0 Å². The van der Waals surface area contributed by atoms with Crippen molar-refractivity contribution in [2.45, 2.75) is 44.7 Å². The molecular formula is C19H22N6O2. The van der Waals surface area contributed by atoms with E-state index >= 15 is 0 Å². The molecule has 0 aromatic carbocycles. The summed E-state index contributed by atoms with van der Waals surface area (Å²) in [5.41, 5.74) is 0.674. The van der Waals surface area contributed by atoms with E-state index in [9.17, 15) is 4.79 Å². The summed E-state index contributed by atoms with van der Waals surface area (Å²) in [6.45, 7) is 1.45. The molecule has 1 aliphatic rings. The minimum absolute atomic E-state index is 0.190. The van der Waals surface area contributed by atoms with E-state index in [1.807, 2.05) is 35.4 Å². The molecule has 8 nitrogen and oxygen atoms in total. The Labute approximate surface area is 157 Å². The van der Waals surface area contributed by atoms with Crippen molar-refractivity contribution in [2.24, 2.45) is 0 Å². The van der Waals surface area contributed by atoms with Gasteiger partial charge in [-0.05, 0) is 37.5 Å². The number of amides is 1. The van der Waals surface area contributed by atoms with Gasteiger partial charge in [0.2, 0.25) is 5.91 Å². The molecule has 1 atom stereocenters. The first-order chi connectivity index (χ1) is 13.3. The Kier molecular flexibility index (Phi) is 5.22. The third-order valence-electron chi connectivity index (χ3n) is 4.86. The second-order valence-electron chi connectivity index (χ2n) is 6.67. The number of likely N-dealkylation sites (tertiary alicyclic amines) is 1. The molecule has 1 amide bonds. The van der Waals surface area contributed by atoms with Crippen LogP contribution in [0.2, 0.25) is 0 Å². The first-order valence-corrected chi connectivity index (χ1v) is 9.30. The second-order valence-corrected chi connectivity index (χ2v) is 6.67. The molecule has 0 bridgehead atoms. The molecule has 0 saturated carbocycles. The zero-order chi connectivity index (χ0) is 18.5. The lowest BCUT2D eigenvalue weighted by Crippen LogP contribution is -2.36. The molecule has 4 heterocycles. The van der Waals surface area contributed by atoms with E-state index in [1.54, 1.807) is 17.1 Å². The van der Waals surface area contributed by atoms with Crippen LogP contribution in [-0.2, 0) is 17.8 Å². The fourth-order valence-electron chi connectivity index (χ4n) is 3.50. The van der Waals surface area contributed by atoms with E-state index in [-0.39, 0.29) is 11.9 Å². The molecule has 3 aromatic rings. The van der Waals surface area contributed by atoms with Crippen LogP contribution in [0.3, 0.4) is 0 Å². The topological polar surface area (TPSA) is 89.9 Å². The first kappa shape index (κ1) is 17.4. The number of aryl methyl sites for hydroxylation is 2. The number of carbonyl (C=O) groups is 1. The number of pyridine rings is 1. The maximum Gasteiger partial charge on any atom is 0.276 e. The van der Waals surface area contributed by atoms with Crippen molar-refractivity contribution in [2.75, 3.05) is 6.54 Å². The third-order valence-corrected chi connectivity index (χ3v) is 4.86. The Morgan fingerprint density at radius 3 is 3.04 bits per heavy atom. The van der Waals surface area contributed by atoms with Crippen molar-refractivity contribution >= 4 is 5.91 Å². The molecule has 140 valence electrons. The molecule has 8 heteroatoms. The third kappa shape index (κ3) is 4.21. The zero-order valence-electron chi connectivity index (χ0n) is 15.1. The summed E-state index contributed by atoms with van der Waals surface area (Å²) in [6, 6.07) is 7.68. The van der Waals surface area contributed by atoms with Gasteiger partial charge in [0, 0.05) is 50.6 Å². The SMILES string of the molecule is O=C(CCn1cccn1)N1CCCC1CCc1noc(-c2ccccn2)n1. The Balaban J connectivity index is 1.31. The number of hydrogen-bond donors (Lipinski definition) is 0. The Morgan fingerprint density at radius 2 is 2.22 bits per heavy atom. The van der Waals surface area contributed by atoms with E-state index in [4.69, 9.17) is 4.52 Å². The summed E-state index contributed by atoms with van der Waals surface area (Å²) in [5, 5.41) is 8.20. The first-order valence-electron chi connectivity index (χ1n) is 9.30. The molecule has 0 aliphatic carbocycles. The zero-order valence-corrected chi connectivity index (χ0v) is 15.1. The highest BCUT2D eigenvalue weighted by Crippen LogP contribution is 2.23. The summed E-state index contributed by atoms with van der Waals surface area (Å²) in [7, 11) is 0. The monoisotopic (exact) mass is 366 g/mol. The van der Waals surface area contributed by atoms with E-state index in [2.05, 4.69) is 20.2 Å². The van der Waals surface area contributed by atoms with Gasteiger partial charge in [-0.15, -0.1) is 0 Å². The van der Waals surface area contributed by atoms with Crippen LogP contribution in [0.25, 0.3) is 11.6 Å². The molecule has 1 saturated heterocycles. The maximum absolute atomic E-state index is 12.6. The standard InChI is InChI=1S/C19H22N6O2/c26-18(9-14-24-12-4-11-21-24)25-13-3-5-15(25)7-8-17-22-19(27-23-17)16-6-1-2-10-20-16/h1-2,4,6,10-12,15H,3,5,7-9,13-14H2. The lowest BCUT2D eigenvalue weighted by Gasteiger charge is -2.24. The van der Waals surface area contributed by atoms with Gasteiger partial charge in [0.15, 0.2) is 5.82 Å². The van der Waals surface area contributed by atoms with Crippen molar-refractivity contribution < 1.29 is 9.32 Å². The van der Waals surface area contributed by atoms with Crippen LogP contribution in [0.1, 0.15) is 31.5 Å². The molecule has 0 radical (unpaired) electrons. The number of nitrogens with zero attached hydrogens (tertiary/aromatic N) is 6. The lowest BCUT2D eigenvalue weighted by molar-refractivity contribution is -0.132. The van der Waals surface area contributed by atoms with Gasteiger partial charge >= 0.3 is 0 Å². The Hall–Kier alpha value is -3.03. The Bertz CT molecular complexity index is 861. The summed E-state index contributed by atoms with van der Waals surface area (Å²) in [6.07, 6.45) is 9.38. The van der Waals surface area contributed by atoms with Gasteiger partial charge in [0.1, 0.15) is 5.69 Å². The van der Waals surface area contributed by atoms with Crippen LogP contribution < -0.4 is 0 Å². The van der Waals surface area contributed by atoms with Gasteiger partial charge in [0.25, 0.3) is 5.89 Å². The molecule has 0 spiro atoms. The fourth-order valence-corrected chi connectivity index (χ4v) is 3.50. The predicted molar refractivity (Wildman–Crippen MR) is 97.4 cm³/mol. The van der Waals surface area contributed by atoms with E-state index in [0.29, 0.717) is 36.8 Å². The minimum atomic E-state index is 0.190. The van der Waals surface area contributed by atoms with Crippen LogP contribution in [0.5, 0.6) is 0 Å². The number of rotatable bonds is 7. The fraction of sp³-hybridized carbons (Fsp3) is 0.421. The number of aromatic nitrogens is 5. The van der Waals surface area contributed by atoms with Crippen LogP contribution >= 0.6 is 0 Å². The summed E-state index contributed by atoms with van der Waals surface area (Å²) in [5.74, 6) is 1.28. The van der Waals surface area contributed by atoms with Gasteiger partial charge in [0.05, 0.1) is 0 Å². The average Bonchev–Trinajstić information content (AvgIpc) is 3.47. The van der Waals surface area contributed by atoms with Crippen molar-refractivity contribution in [3.8, 4) is 11.6 Å². The van der Waals surface area contributed by atoms with Gasteiger partial charge < -0.3 is 9.42 Å². The molecule has 27 heavy (non-hydrogen) atoms. The summed E-state index contributed by atoms with van der Waals surface area (Å²) < 4.78 is 7.10. The highest BCUT2D eigenvalue weighted by Gasteiger charge is 2.28. The minimum Gasteiger partial charge on any atom is -0.340 e. The van der Waals surface area contributed by atoms with Gasteiger partial charge in [-0.3, -0.25) is 14.5 Å². The molecule has 1 fully saturated rings. The highest BCUT2D eigenvalue weighted by atomic mass is 16.5. The quantitative estimate of drug-likeness (QED) is 0.637. The molecule has 1 aliphatic heterocycles. The molecule has 1 unspecified atom stereocenters. The van der Waals surface area contributed by atoms with Crippen molar-refractivity contribution in [1.82, 2.24) is 29.8 Å². The lowest BCUT2D eigenvalue weighted by atomic mass is 10.1. The van der Waals surface area contributed by atoms with Crippen LogP contribution in [0, 0.1) is 0 Å². The average molecular weight is 366 g/mol. The molecule has 0 N–H and O–H groups in total. The molecule has 3 aromatic heterocycles. The summed E-state index contributed by atoms with van der Waals surface area (Å²) >= 11 is 0. The second kappa shape index (κ2) is 8.11.